The molecule has 0 bridgehead atoms. The zero-order chi connectivity index (χ0) is 17.3. The first-order chi connectivity index (χ1) is 11.4. The van der Waals surface area contributed by atoms with E-state index in [4.69, 9.17) is 34.8 Å². The van der Waals surface area contributed by atoms with Gasteiger partial charge in [0.05, 0.1) is 9.92 Å². The SMILES string of the molecule is O=S(=O)(c1ccc(Cl)cc1)C(c1ccc(Cl)cc1Cl)[n+]1cc[nH]c1. The van der Waals surface area contributed by atoms with Crippen LogP contribution >= 0.6 is 34.8 Å². The van der Waals surface area contributed by atoms with Crippen LogP contribution in [0.2, 0.25) is 15.1 Å². The van der Waals surface area contributed by atoms with Crippen molar-refractivity contribution in [3.05, 3.63) is 81.8 Å². The van der Waals surface area contributed by atoms with Crippen molar-refractivity contribution in [2.75, 3.05) is 0 Å². The minimum Gasteiger partial charge on any atom is -0.250 e. The summed E-state index contributed by atoms with van der Waals surface area (Å²) in [5.74, 6) is 0. The molecule has 0 saturated heterocycles. The number of aromatic nitrogens is 2. The minimum absolute atomic E-state index is 0.150. The standard InChI is InChI=1S/C16H11Cl3N2O2S/c17-11-1-4-13(5-2-11)24(22,23)16(21-8-7-20-10-21)14-6-3-12(18)9-15(14)19/h1-10,16H/p+1. The van der Waals surface area contributed by atoms with Crippen molar-refractivity contribution in [1.29, 1.82) is 0 Å². The highest BCUT2D eigenvalue weighted by atomic mass is 35.5. The lowest BCUT2D eigenvalue weighted by atomic mass is 10.2. The number of imidazole rings is 1. The Balaban J connectivity index is 2.20. The van der Waals surface area contributed by atoms with Gasteiger partial charge in [-0.25, -0.2) is 13.0 Å². The molecule has 8 heteroatoms. The summed E-state index contributed by atoms with van der Waals surface area (Å²) in [5, 5.41) is 0.142. The summed E-state index contributed by atoms with van der Waals surface area (Å²) in [6.45, 7) is 0. The lowest BCUT2D eigenvalue weighted by molar-refractivity contribution is -0.691. The minimum atomic E-state index is -3.77. The van der Waals surface area contributed by atoms with E-state index in [0.717, 1.165) is 0 Å². The number of hydrogen-bond acceptors (Lipinski definition) is 2. The summed E-state index contributed by atoms with van der Waals surface area (Å²) in [4.78, 5) is 3.00. The van der Waals surface area contributed by atoms with Crippen molar-refractivity contribution in [3.63, 3.8) is 0 Å². The van der Waals surface area contributed by atoms with E-state index in [1.165, 1.54) is 30.3 Å². The third-order valence-electron chi connectivity index (χ3n) is 3.50. The molecule has 1 atom stereocenters. The molecule has 0 aliphatic heterocycles. The molecule has 1 aromatic heterocycles. The van der Waals surface area contributed by atoms with Gasteiger partial charge in [-0.05, 0) is 36.4 Å². The number of sulfone groups is 1. The van der Waals surface area contributed by atoms with Crippen LogP contribution in [0, 0.1) is 0 Å². The van der Waals surface area contributed by atoms with E-state index < -0.39 is 15.2 Å². The van der Waals surface area contributed by atoms with Crippen LogP contribution in [-0.4, -0.2) is 13.4 Å². The highest BCUT2D eigenvalue weighted by Gasteiger charge is 2.36. The number of nitrogens with zero attached hydrogens (tertiary/aromatic N) is 1. The summed E-state index contributed by atoms with van der Waals surface area (Å²) < 4.78 is 28.0. The van der Waals surface area contributed by atoms with Gasteiger partial charge in [0, 0.05) is 15.6 Å². The van der Waals surface area contributed by atoms with Crippen LogP contribution in [0.4, 0.5) is 0 Å². The molecule has 0 aliphatic rings. The van der Waals surface area contributed by atoms with E-state index in [0.29, 0.717) is 15.6 Å². The molecule has 2 aromatic carbocycles. The number of rotatable bonds is 4. The average Bonchev–Trinajstić information content (AvgIpc) is 3.04. The summed E-state index contributed by atoms with van der Waals surface area (Å²) in [7, 11) is -3.77. The van der Waals surface area contributed by atoms with Gasteiger partial charge in [0.1, 0.15) is 12.4 Å². The van der Waals surface area contributed by atoms with Gasteiger partial charge in [-0.15, -0.1) is 0 Å². The Morgan fingerprint density at radius 2 is 1.62 bits per heavy atom. The van der Waals surface area contributed by atoms with Crippen molar-refractivity contribution in [2.24, 2.45) is 0 Å². The van der Waals surface area contributed by atoms with Crippen molar-refractivity contribution >= 4 is 44.6 Å². The Bertz CT molecular complexity index is 955. The van der Waals surface area contributed by atoms with Gasteiger partial charge in [0.25, 0.3) is 0 Å². The number of aromatic amines is 1. The van der Waals surface area contributed by atoms with Crippen molar-refractivity contribution in [1.82, 2.24) is 4.98 Å². The molecule has 1 heterocycles. The summed E-state index contributed by atoms with van der Waals surface area (Å²) >= 11 is 18.1. The van der Waals surface area contributed by atoms with Crippen LogP contribution in [0.25, 0.3) is 0 Å². The second-order valence-electron chi connectivity index (χ2n) is 5.08. The van der Waals surface area contributed by atoms with Crippen LogP contribution in [-0.2, 0) is 9.84 Å². The molecule has 124 valence electrons. The average molecular weight is 403 g/mol. The highest BCUT2D eigenvalue weighted by molar-refractivity contribution is 7.91. The number of benzene rings is 2. The predicted octanol–water partition coefficient (Wildman–Crippen LogP) is 4.28. The first-order valence-corrected chi connectivity index (χ1v) is 9.55. The maximum Gasteiger partial charge on any atom is 0.242 e. The molecule has 1 unspecified atom stereocenters. The fourth-order valence-corrected chi connectivity index (χ4v) is 4.86. The summed E-state index contributed by atoms with van der Waals surface area (Å²) in [5.41, 5.74) is 0.431. The van der Waals surface area contributed by atoms with Crippen LogP contribution in [0.5, 0.6) is 0 Å². The second kappa shape index (κ2) is 6.76. The van der Waals surface area contributed by atoms with Crippen molar-refractivity contribution in [2.45, 2.75) is 10.3 Å². The Morgan fingerprint density at radius 1 is 0.958 bits per heavy atom. The van der Waals surface area contributed by atoms with Gasteiger partial charge < -0.3 is 0 Å². The molecular formula is C16H12Cl3N2O2S+. The third-order valence-corrected chi connectivity index (χ3v) is 6.33. The molecule has 0 amide bonds. The van der Waals surface area contributed by atoms with E-state index in [1.807, 2.05) is 0 Å². The number of halogens is 3. The molecule has 0 fully saturated rings. The van der Waals surface area contributed by atoms with Gasteiger partial charge in [-0.1, -0.05) is 40.9 Å². The van der Waals surface area contributed by atoms with Crippen LogP contribution in [0.15, 0.2) is 66.1 Å². The zero-order valence-electron chi connectivity index (χ0n) is 12.2. The molecular weight excluding hydrogens is 391 g/mol. The number of H-pyrrole nitrogens is 1. The van der Waals surface area contributed by atoms with Crippen LogP contribution in [0.3, 0.4) is 0 Å². The Kier molecular flexibility index (Phi) is 4.88. The van der Waals surface area contributed by atoms with Crippen LogP contribution < -0.4 is 4.57 Å². The molecule has 0 aliphatic carbocycles. The third kappa shape index (κ3) is 3.30. The first kappa shape index (κ1) is 17.3. The Morgan fingerprint density at radius 3 is 2.21 bits per heavy atom. The molecule has 3 rings (SSSR count). The number of nitrogens with one attached hydrogen (secondary N) is 1. The quantitative estimate of drug-likeness (QED) is 0.662. The largest absolute Gasteiger partial charge is 0.250 e. The first-order valence-electron chi connectivity index (χ1n) is 6.87. The van der Waals surface area contributed by atoms with E-state index in [1.54, 1.807) is 35.4 Å². The van der Waals surface area contributed by atoms with Gasteiger partial charge in [-0.3, -0.25) is 4.98 Å². The Hall–Kier alpha value is -1.53. The van der Waals surface area contributed by atoms with Gasteiger partial charge in [-0.2, -0.15) is 0 Å². The molecule has 0 saturated carbocycles. The molecule has 24 heavy (non-hydrogen) atoms. The maximum atomic E-state index is 13.2. The highest BCUT2D eigenvalue weighted by Crippen LogP contribution is 2.33. The fourth-order valence-electron chi connectivity index (χ4n) is 2.39. The molecule has 0 spiro atoms. The topological polar surface area (TPSA) is 53.8 Å². The second-order valence-corrected chi connectivity index (χ2v) is 8.36. The number of hydrogen-bond donors (Lipinski definition) is 1. The van der Waals surface area contributed by atoms with E-state index in [-0.39, 0.29) is 9.92 Å². The van der Waals surface area contributed by atoms with E-state index in [9.17, 15) is 8.42 Å². The van der Waals surface area contributed by atoms with E-state index in [2.05, 4.69) is 4.98 Å². The predicted molar refractivity (Wildman–Crippen MR) is 94.2 cm³/mol. The van der Waals surface area contributed by atoms with Gasteiger partial charge >= 0.3 is 0 Å². The Labute approximate surface area is 154 Å². The van der Waals surface area contributed by atoms with E-state index >= 15 is 0 Å². The lowest BCUT2D eigenvalue weighted by Gasteiger charge is -2.17. The van der Waals surface area contributed by atoms with Crippen LogP contribution in [0.1, 0.15) is 10.9 Å². The van der Waals surface area contributed by atoms with Gasteiger partial charge in [0.15, 0.2) is 0 Å². The smallest absolute Gasteiger partial charge is 0.242 e. The monoisotopic (exact) mass is 401 g/mol. The molecule has 4 nitrogen and oxygen atoms in total. The fraction of sp³-hybridized carbons (Fsp3) is 0.0625. The molecule has 0 radical (unpaired) electrons. The van der Waals surface area contributed by atoms with Crippen molar-refractivity contribution in [3.8, 4) is 0 Å². The summed E-state index contributed by atoms with van der Waals surface area (Å²) in [6.07, 6.45) is 4.82. The maximum absolute atomic E-state index is 13.2. The lowest BCUT2D eigenvalue weighted by Crippen LogP contribution is -2.43. The normalized spacial score (nSPS) is 13.0. The zero-order valence-corrected chi connectivity index (χ0v) is 15.2. The van der Waals surface area contributed by atoms with Crippen molar-refractivity contribution < 1.29 is 13.0 Å². The van der Waals surface area contributed by atoms with Gasteiger partial charge in [0.2, 0.25) is 21.5 Å². The molecule has 1 N–H and O–H groups in total. The molecule has 3 aromatic rings. The summed E-state index contributed by atoms with van der Waals surface area (Å²) in [6, 6.07) is 10.8.